The van der Waals surface area contributed by atoms with Crippen LogP contribution >= 0.6 is 0 Å². The van der Waals surface area contributed by atoms with Crippen molar-refractivity contribution in [3.05, 3.63) is 71.0 Å². The fourth-order valence-corrected chi connectivity index (χ4v) is 2.08. The molecule has 19 heavy (non-hydrogen) atoms. The smallest absolute Gasteiger partial charge is 0.126 e. The van der Waals surface area contributed by atoms with Gasteiger partial charge in [-0.1, -0.05) is 12.1 Å². The number of nitrogens with two attached hydrogens (primary N) is 1. The maximum Gasteiger partial charge on any atom is 0.126 e. The van der Waals surface area contributed by atoms with E-state index in [0.29, 0.717) is 11.1 Å². The lowest BCUT2D eigenvalue weighted by molar-refractivity contribution is 0.481. The van der Waals surface area contributed by atoms with Crippen molar-refractivity contribution in [1.29, 1.82) is 0 Å². The number of hydrogen-bond acceptors (Lipinski definition) is 1. The van der Waals surface area contributed by atoms with Crippen LogP contribution in [0, 0.1) is 17.5 Å². The number of halogens is 3. The van der Waals surface area contributed by atoms with Crippen LogP contribution in [0.3, 0.4) is 0 Å². The van der Waals surface area contributed by atoms with Gasteiger partial charge in [0.2, 0.25) is 0 Å². The molecule has 0 aliphatic carbocycles. The van der Waals surface area contributed by atoms with Gasteiger partial charge in [0.05, 0.1) is 0 Å². The molecule has 0 heterocycles. The highest BCUT2D eigenvalue weighted by Gasteiger charge is 2.22. The maximum atomic E-state index is 13.2. The van der Waals surface area contributed by atoms with E-state index in [0.717, 1.165) is 6.07 Å². The van der Waals surface area contributed by atoms with E-state index in [9.17, 15) is 13.2 Å². The van der Waals surface area contributed by atoms with E-state index in [1.165, 1.54) is 24.3 Å². The van der Waals surface area contributed by atoms with E-state index in [1.54, 1.807) is 19.1 Å². The molecule has 1 nitrogen and oxygen atoms in total. The molecule has 4 heteroatoms. The van der Waals surface area contributed by atoms with Crippen molar-refractivity contribution >= 4 is 0 Å². The van der Waals surface area contributed by atoms with Crippen molar-refractivity contribution in [1.82, 2.24) is 0 Å². The Labute approximate surface area is 109 Å². The van der Waals surface area contributed by atoms with Gasteiger partial charge in [0.25, 0.3) is 0 Å². The summed E-state index contributed by atoms with van der Waals surface area (Å²) in [6.45, 7) is 1.70. The molecule has 0 aromatic heterocycles. The van der Waals surface area contributed by atoms with Crippen LogP contribution < -0.4 is 5.73 Å². The Balaban J connectivity index is 2.30. The van der Waals surface area contributed by atoms with Crippen LogP contribution in [-0.2, 0) is 12.0 Å². The van der Waals surface area contributed by atoms with E-state index >= 15 is 0 Å². The molecular weight excluding hydrogens is 251 g/mol. The first-order valence-corrected chi connectivity index (χ1v) is 5.87. The zero-order valence-electron chi connectivity index (χ0n) is 10.5. The van der Waals surface area contributed by atoms with Gasteiger partial charge in [-0.25, -0.2) is 13.2 Å². The molecule has 1 unspecified atom stereocenters. The van der Waals surface area contributed by atoms with Crippen LogP contribution in [0.4, 0.5) is 13.2 Å². The van der Waals surface area contributed by atoms with Crippen LogP contribution in [0.2, 0.25) is 0 Å². The summed E-state index contributed by atoms with van der Waals surface area (Å²) in [6, 6.07) is 9.16. The van der Waals surface area contributed by atoms with Crippen molar-refractivity contribution in [3.63, 3.8) is 0 Å². The fourth-order valence-electron chi connectivity index (χ4n) is 2.08. The van der Waals surface area contributed by atoms with Gasteiger partial charge in [-0.05, 0) is 48.7 Å². The molecular formula is C15H14F3N. The van der Waals surface area contributed by atoms with Crippen LogP contribution in [0.25, 0.3) is 0 Å². The summed E-state index contributed by atoms with van der Waals surface area (Å²) >= 11 is 0. The monoisotopic (exact) mass is 265 g/mol. The van der Waals surface area contributed by atoms with Gasteiger partial charge in [-0.3, -0.25) is 0 Å². The summed E-state index contributed by atoms with van der Waals surface area (Å²) < 4.78 is 39.4. The molecule has 2 aromatic rings. The highest BCUT2D eigenvalue weighted by molar-refractivity contribution is 5.28. The second kappa shape index (κ2) is 5.05. The average Bonchev–Trinajstić information content (AvgIpc) is 2.26. The first kappa shape index (κ1) is 13.6. The van der Waals surface area contributed by atoms with Gasteiger partial charge < -0.3 is 5.73 Å². The SMILES string of the molecule is CC(N)(Cc1cc(F)cc(F)c1)c1cccc(F)c1. The summed E-state index contributed by atoms with van der Waals surface area (Å²) in [7, 11) is 0. The predicted molar refractivity (Wildman–Crippen MR) is 68.0 cm³/mol. The van der Waals surface area contributed by atoms with E-state index in [1.807, 2.05) is 0 Å². The Kier molecular flexibility index (Phi) is 3.62. The second-order valence-corrected chi connectivity index (χ2v) is 4.88. The topological polar surface area (TPSA) is 26.0 Å². The Hall–Kier alpha value is -1.81. The predicted octanol–water partition coefficient (Wildman–Crippen LogP) is 3.52. The molecule has 0 aliphatic rings. The van der Waals surface area contributed by atoms with E-state index in [4.69, 9.17) is 5.73 Å². The van der Waals surface area contributed by atoms with Gasteiger partial charge in [-0.2, -0.15) is 0 Å². The molecule has 0 spiro atoms. The van der Waals surface area contributed by atoms with E-state index in [-0.39, 0.29) is 12.2 Å². The van der Waals surface area contributed by atoms with Crippen LogP contribution in [0.15, 0.2) is 42.5 Å². The quantitative estimate of drug-likeness (QED) is 0.902. The summed E-state index contributed by atoms with van der Waals surface area (Å²) in [4.78, 5) is 0. The van der Waals surface area contributed by atoms with Crippen LogP contribution in [0.1, 0.15) is 18.1 Å². The average molecular weight is 265 g/mol. The summed E-state index contributed by atoms with van der Waals surface area (Å²) in [5.74, 6) is -1.69. The Morgan fingerprint density at radius 3 is 2.16 bits per heavy atom. The van der Waals surface area contributed by atoms with Crippen molar-refractivity contribution < 1.29 is 13.2 Å². The third-order valence-electron chi connectivity index (χ3n) is 2.98. The van der Waals surface area contributed by atoms with Gasteiger partial charge in [-0.15, -0.1) is 0 Å². The molecule has 2 N–H and O–H groups in total. The molecule has 0 saturated carbocycles. The molecule has 0 fully saturated rings. The zero-order valence-corrected chi connectivity index (χ0v) is 10.5. The van der Waals surface area contributed by atoms with Crippen molar-refractivity contribution in [2.24, 2.45) is 5.73 Å². The number of rotatable bonds is 3. The molecule has 0 radical (unpaired) electrons. The summed E-state index contributed by atoms with van der Waals surface area (Å²) in [5, 5.41) is 0. The fraction of sp³-hybridized carbons (Fsp3) is 0.200. The standard InChI is InChI=1S/C15H14F3N/c1-15(19,11-3-2-4-12(16)7-11)9-10-5-13(17)8-14(18)6-10/h2-8H,9,19H2,1H3. The zero-order chi connectivity index (χ0) is 14.0. The second-order valence-electron chi connectivity index (χ2n) is 4.88. The minimum Gasteiger partial charge on any atom is -0.321 e. The Morgan fingerprint density at radius 1 is 0.947 bits per heavy atom. The highest BCUT2D eigenvalue weighted by atomic mass is 19.1. The van der Waals surface area contributed by atoms with Crippen LogP contribution in [0.5, 0.6) is 0 Å². The molecule has 2 rings (SSSR count). The third-order valence-corrected chi connectivity index (χ3v) is 2.98. The van der Waals surface area contributed by atoms with Crippen molar-refractivity contribution in [3.8, 4) is 0 Å². The summed E-state index contributed by atoms with van der Waals surface area (Å²) in [6.07, 6.45) is 0.213. The van der Waals surface area contributed by atoms with Gasteiger partial charge in [0.15, 0.2) is 0 Å². The lowest BCUT2D eigenvalue weighted by atomic mass is 9.86. The molecule has 0 aliphatic heterocycles. The van der Waals surface area contributed by atoms with E-state index in [2.05, 4.69) is 0 Å². The molecule has 0 amide bonds. The van der Waals surface area contributed by atoms with Gasteiger partial charge in [0, 0.05) is 11.6 Å². The third kappa shape index (κ3) is 3.35. The van der Waals surface area contributed by atoms with Crippen molar-refractivity contribution in [2.75, 3.05) is 0 Å². The minimum absolute atomic E-state index is 0.213. The molecule has 0 bridgehead atoms. The highest BCUT2D eigenvalue weighted by Crippen LogP contribution is 2.24. The van der Waals surface area contributed by atoms with E-state index < -0.39 is 17.2 Å². The number of hydrogen-bond donors (Lipinski definition) is 1. The Morgan fingerprint density at radius 2 is 1.58 bits per heavy atom. The number of benzene rings is 2. The molecule has 0 saturated heterocycles. The first-order valence-electron chi connectivity index (χ1n) is 5.87. The normalized spacial score (nSPS) is 14.2. The Bertz CT molecular complexity index is 573. The minimum atomic E-state index is -0.900. The largest absolute Gasteiger partial charge is 0.321 e. The first-order chi connectivity index (χ1) is 8.87. The van der Waals surface area contributed by atoms with Gasteiger partial charge in [0.1, 0.15) is 17.5 Å². The lowest BCUT2D eigenvalue weighted by Crippen LogP contribution is -2.35. The summed E-state index contributed by atoms with van der Waals surface area (Å²) in [5.41, 5.74) is 6.24. The van der Waals surface area contributed by atoms with Crippen LogP contribution in [-0.4, -0.2) is 0 Å². The molecule has 1 atom stereocenters. The molecule has 2 aromatic carbocycles. The lowest BCUT2D eigenvalue weighted by Gasteiger charge is -2.25. The van der Waals surface area contributed by atoms with Crippen molar-refractivity contribution in [2.45, 2.75) is 18.9 Å². The molecule has 100 valence electrons. The maximum absolute atomic E-state index is 13.2. The van der Waals surface area contributed by atoms with Gasteiger partial charge >= 0.3 is 0 Å².